The Kier molecular flexibility index (Phi) is 3.88. The van der Waals surface area contributed by atoms with Crippen LogP contribution in [-0.4, -0.2) is 24.6 Å². The summed E-state index contributed by atoms with van der Waals surface area (Å²) < 4.78 is 0. The van der Waals surface area contributed by atoms with Crippen LogP contribution in [0.5, 0.6) is 0 Å². The highest BCUT2D eigenvalue weighted by molar-refractivity contribution is 5.84. The van der Waals surface area contributed by atoms with Crippen LogP contribution in [-0.2, 0) is 6.54 Å². The lowest BCUT2D eigenvalue weighted by atomic mass is 10.1. The van der Waals surface area contributed by atoms with Gasteiger partial charge in [-0.3, -0.25) is 0 Å². The summed E-state index contributed by atoms with van der Waals surface area (Å²) in [6.45, 7) is 4.19. The highest BCUT2D eigenvalue weighted by Gasteiger charge is 2.20. The summed E-state index contributed by atoms with van der Waals surface area (Å²) in [6, 6.07) is 11.4. The summed E-state index contributed by atoms with van der Waals surface area (Å²) in [5.74, 6) is 1.08. The van der Waals surface area contributed by atoms with Crippen molar-refractivity contribution >= 4 is 16.7 Å². The highest BCUT2D eigenvalue weighted by atomic mass is 15.2. The summed E-state index contributed by atoms with van der Waals surface area (Å²) in [4.78, 5) is 7.04. The van der Waals surface area contributed by atoms with Crippen LogP contribution in [0.25, 0.3) is 10.9 Å². The van der Waals surface area contributed by atoms with E-state index in [1.54, 1.807) is 0 Å². The van der Waals surface area contributed by atoms with Crippen LogP contribution in [0.4, 0.5) is 5.82 Å². The van der Waals surface area contributed by atoms with Crippen LogP contribution in [0.15, 0.2) is 30.3 Å². The maximum absolute atomic E-state index is 4.80. The molecule has 0 amide bonds. The maximum atomic E-state index is 4.80. The van der Waals surface area contributed by atoms with Crippen molar-refractivity contribution in [1.82, 2.24) is 10.3 Å². The molecule has 1 heterocycles. The predicted molar refractivity (Wildman–Crippen MR) is 85.2 cm³/mol. The number of nitrogens with one attached hydrogen (secondary N) is 1. The molecule has 0 spiro atoms. The molecular formula is C17H23N3. The summed E-state index contributed by atoms with van der Waals surface area (Å²) in [7, 11) is 2.12. The Labute approximate surface area is 121 Å². The molecule has 106 valence electrons. The van der Waals surface area contributed by atoms with Gasteiger partial charge in [-0.15, -0.1) is 0 Å². The molecule has 0 aliphatic heterocycles. The fourth-order valence-electron chi connectivity index (χ4n) is 2.57. The zero-order valence-electron chi connectivity index (χ0n) is 12.4. The zero-order chi connectivity index (χ0) is 13.9. The van der Waals surface area contributed by atoms with Gasteiger partial charge in [0.2, 0.25) is 0 Å². The van der Waals surface area contributed by atoms with Crippen LogP contribution in [0.3, 0.4) is 0 Å². The Morgan fingerprint density at radius 3 is 2.85 bits per heavy atom. The number of benzene rings is 1. The molecule has 3 heteroatoms. The number of para-hydroxylation sites is 1. The number of hydrogen-bond donors (Lipinski definition) is 1. The third kappa shape index (κ3) is 2.93. The van der Waals surface area contributed by atoms with Crippen LogP contribution >= 0.6 is 0 Å². The average Bonchev–Trinajstić information content (AvgIpc) is 3.29. The average molecular weight is 269 g/mol. The molecule has 1 N–H and O–H groups in total. The molecule has 1 aromatic heterocycles. The third-order valence-corrected chi connectivity index (χ3v) is 3.90. The number of anilines is 1. The van der Waals surface area contributed by atoms with E-state index in [2.05, 4.69) is 54.5 Å². The molecule has 2 aromatic rings. The van der Waals surface area contributed by atoms with Gasteiger partial charge in [-0.25, -0.2) is 4.98 Å². The monoisotopic (exact) mass is 269 g/mol. The van der Waals surface area contributed by atoms with Crippen molar-refractivity contribution in [2.75, 3.05) is 18.5 Å². The molecule has 1 saturated carbocycles. The number of nitrogens with zero attached hydrogens (tertiary/aromatic N) is 2. The summed E-state index contributed by atoms with van der Waals surface area (Å²) in [5.41, 5.74) is 2.46. The molecule has 1 fully saturated rings. The van der Waals surface area contributed by atoms with E-state index in [1.807, 2.05) is 0 Å². The number of hydrogen-bond acceptors (Lipinski definition) is 3. The predicted octanol–water partition coefficient (Wildman–Crippen LogP) is 3.33. The minimum atomic E-state index is 0.735. The molecule has 1 aromatic carbocycles. The van der Waals surface area contributed by atoms with Crippen molar-refractivity contribution in [3.8, 4) is 0 Å². The Morgan fingerprint density at radius 2 is 2.10 bits per heavy atom. The molecule has 0 unspecified atom stereocenters. The van der Waals surface area contributed by atoms with E-state index in [9.17, 15) is 0 Å². The third-order valence-electron chi connectivity index (χ3n) is 3.90. The van der Waals surface area contributed by atoms with Gasteiger partial charge >= 0.3 is 0 Å². The second-order valence-corrected chi connectivity index (χ2v) is 5.73. The molecule has 0 radical (unpaired) electrons. The van der Waals surface area contributed by atoms with Gasteiger partial charge in [0.05, 0.1) is 5.52 Å². The lowest BCUT2D eigenvalue weighted by Crippen LogP contribution is -2.20. The largest absolute Gasteiger partial charge is 0.360 e. The number of aromatic nitrogens is 1. The van der Waals surface area contributed by atoms with Crippen molar-refractivity contribution in [3.05, 3.63) is 35.9 Å². The fraction of sp³-hybridized carbons (Fsp3) is 0.471. The Bertz CT molecular complexity index is 590. The minimum Gasteiger partial charge on any atom is -0.360 e. The van der Waals surface area contributed by atoms with Crippen LogP contribution in [0.1, 0.15) is 31.7 Å². The van der Waals surface area contributed by atoms with Gasteiger partial charge in [0.1, 0.15) is 5.82 Å². The first-order valence-corrected chi connectivity index (χ1v) is 7.61. The van der Waals surface area contributed by atoms with Crippen molar-refractivity contribution in [3.63, 3.8) is 0 Å². The minimum absolute atomic E-state index is 0.735. The van der Waals surface area contributed by atoms with Gasteiger partial charge in [-0.2, -0.15) is 0 Å². The molecule has 1 aliphatic rings. The van der Waals surface area contributed by atoms with Gasteiger partial charge in [0, 0.05) is 31.6 Å². The number of pyridine rings is 1. The first kappa shape index (κ1) is 13.4. The normalized spacial score (nSPS) is 14.7. The number of fused-ring (bicyclic) bond motifs is 1. The summed E-state index contributed by atoms with van der Waals surface area (Å²) in [6.07, 6.45) is 3.79. The molecule has 0 atom stereocenters. The van der Waals surface area contributed by atoms with Crippen LogP contribution in [0, 0.1) is 0 Å². The molecule has 1 aliphatic carbocycles. The molecule has 3 nitrogen and oxygen atoms in total. The van der Waals surface area contributed by atoms with E-state index in [-0.39, 0.29) is 0 Å². The second-order valence-electron chi connectivity index (χ2n) is 5.73. The van der Waals surface area contributed by atoms with Gasteiger partial charge in [0.15, 0.2) is 0 Å². The van der Waals surface area contributed by atoms with E-state index in [0.717, 1.165) is 36.9 Å². The molecule has 0 saturated heterocycles. The van der Waals surface area contributed by atoms with E-state index in [0.29, 0.717) is 0 Å². The molecular weight excluding hydrogens is 246 g/mol. The lowest BCUT2D eigenvalue weighted by Gasteiger charge is -2.19. The van der Waals surface area contributed by atoms with Gasteiger partial charge in [-0.05, 0) is 37.0 Å². The molecule has 0 bridgehead atoms. The molecule has 20 heavy (non-hydrogen) atoms. The standard InChI is InChI=1S/C17H23N3/c1-3-10-20(2)17-11-13(12-18-14-8-9-14)15-6-4-5-7-16(15)19-17/h4-7,11,14,18H,3,8-10,12H2,1-2H3. The first-order chi connectivity index (χ1) is 9.78. The summed E-state index contributed by atoms with van der Waals surface area (Å²) >= 11 is 0. The van der Waals surface area contributed by atoms with Gasteiger partial charge in [-0.1, -0.05) is 25.1 Å². The topological polar surface area (TPSA) is 28.2 Å². The lowest BCUT2D eigenvalue weighted by molar-refractivity contribution is 0.690. The van der Waals surface area contributed by atoms with E-state index < -0.39 is 0 Å². The number of rotatable bonds is 6. The van der Waals surface area contributed by atoms with E-state index in [4.69, 9.17) is 4.98 Å². The van der Waals surface area contributed by atoms with E-state index >= 15 is 0 Å². The van der Waals surface area contributed by atoms with Crippen molar-refractivity contribution in [2.24, 2.45) is 0 Å². The first-order valence-electron chi connectivity index (χ1n) is 7.61. The maximum Gasteiger partial charge on any atom is 0.129 e. The SMILES string of the molecule is CCCN(C)c1cc(CNC2CC2)c2ccccc2n1. The van der Waals surface area contributed by atoms with Gasteiger partial charge in [0.25, 0.3) is 0 Å². The van der Waals surface area contributed by atoms with Crippen LogP contribution in [0.2, 0.25) is 0 Å². The Balaban J connectivity index is 1.95. The summed E-state index contributed by atoms with van der Waals surface area (Å²) in [5, 5.41) is 4.89. The van der Waals surface area contributed by atoms with Crippen molar-refractivity contribution in [2.45, 2.75) is 38.8 Å². The fourth-order valence-corrected chi connectivity index (χ4v) is 2.57. The second kappa shape index (κ2) is 5.80. The smallest absolute Gasteiger partial charge is 0.129 e. The van der Waals surface area contributed by atoms with Crippen molar-refractivity contribution in [1.29, 1.82) is 0 Å². The zero-order valence-corrected chi connectivity index (χ0v) is 12.4. The quantitative estimate of drug-likeness (QED) is 0.872. The highest BCUT2D eigenvalue weighted by Crippen LogP contribution is 2.24. The van der Waals surface area contributed by atoms with Crippen LogP contribution < -0.4 is 10.2 Å². The molecule has 3 rings (SSSR count). The Hall–Kier alpha value is -1.61. The van der Waals surface area contributed by atoms with Crippen molar-refractivity contribution < 1.29 is 0 Å². The van der Waals surface area contributed by atoms with E-state index in [1.165, 1.54) is 23.8 Å². The Morgan fingerprint density at radius 1 is 1.30 bits per heavy atom. The van der Waals surface area contributed by atoms with Gasteiger partial charge < -0.3 is 10.2 Å².